The molecule has 0 aromatic carbocycles. The number of aryl methyl sites for hydroxylation is 1. The van der Waals surface area contributed by atoms with E-state index in [0.717, 1.165) is 25.7 Å². The Balaban J connectivity index is 1.60. The van der Waals surface area contributed by atoms with Crippen LogP contribution in [0.4, 0.5) is 0 Å². The molecule has 3 rings (SSSR count). The van der Waals surface area contributed by atoms with Crippen molar-refractivity contribution in [2.75, 3.05) is 0 Å². The van der Waals surface area contributed by atoms with Gasteiger partial charge in [0.05, 0.1) is 12.6 Å². The molecule has 0 radical (unpaired) electrons. The van der Waals surface area contributed by atoms with Crippen molar-refractivity contribution in [3.63, 3.8) is 0 Å². The second-order valence-electron chi connectivity index (χ2n) is 5.22. The minimum atomic E-state index is -0.220. The number of carbonyl (C=O) groups excluding carboxylic acids is 1. The van der Waals surface area contributed by atoms with E-state index in [0.29, 0.717) is 13.0 Å². The first kappa shape index (κ1) is 11.6. The normalized spacial score (nSPS) is 30.7. The van der Waals surface area contributed by atoms with Gasteiger partial charge >= 0.3 is 0 Å². The van der Waals surface area contributed by atoms with Crippen LogP contribution in [-0.2, 0) is 11.3 Å². The Morgan fingerprint density at radius 1 is 1.33 bits per heavy atom. The van der Waals surface area contributed by atoms with E-state index < -0.39 is 0 Å². The van der Waals surface area contributed by atoms with E-state index in [1.54, 1.807) is 11.0 Å². The van der Waals surface area contributed by atoms with Crippen molar-refractivity contribution < 1.29 is 9.90 Å². The third-order valence-corrected chi connectivity index (χ3v) is 4.02. The zero-order valence-corrected chi connectivity index (χ0v) is 10.3. The summed E-state index contributed by atoms with van der Waals surface area (Å²) in [6, 6.07) is 0.504. The molecule has 6 heteroatoms. The molecule has 0 spiro atoms. The van der Waals surface area contributed by atoms with Crippen LogP contribution in [-0.4, -0.2) is 48.9 Å². The first-order valence-corrected chi connectivity index (χ1v) is 6.55. The van der Waals surface area contributed by atoms with Crippen molar-refractivity contribution in [3.05, 3.63) is 12.7 Å². The highest BCUT2D eigenvalue weighted by Crippen LogP contribution is 2.36. The average molecular weight is 250 g/mol. The van der Waals surface area contributed by atoms with Crippen molar-refractivity contribution in [2.45, 2.75) is 56.8 Å². The summed E-state index contributed by atoms with van der Waals surface area (Å²) in [6.07, 6.45) is 6.91. The molecule has 98 valence electrons. The van der Waals surface area contributed by atoms with Crippen LogP contribution in [0.2, 0.25) is 0 Å². The average Bonchev–Trinajstić information content (AvgIpc) is 2.94. The number of nitrogens with zero attached hydrogens (tertiary/aromatic N) is 4. The van der Waals surface area contributed by atoms with Crippen molar-refractivity contribution in [1.82, 2.24) is 19.7 Å². The standard InChI is InChI=1S/C12H18N4O2/c17-11-5-9-1-2-10(6-11)16(9)12(18)3-4-15-8-13-7-14-15/h7-11,17H,1-6H2. The molecule has 2 bridgehead atoms. The molecule has 0 saturated carbocycles. The lowest BCUT2D eigenvalue weighted by Gasteiger charge is -2.37. The Morgan fingerprint density at radius 3 is 2.67 bits per heavy atom. The maximum Gasteiger partial charge on any atom is 0.224 e. The Bertz CT molecular complexity index is 406. The van der Waals surface area contributed by atoms with Gasteiger partial charge in [-0.1, -0.05) is 0 Å². The lowest BCUT2D eigenvalue weighted by molar-refractivity contribution is -0.137. The zero-order chi connectivity index (χ0) is 12.5. The van der Waals surface area contributed by atoms with Gasteiger partial charge in [0.1, 0.15) is 12.7 Å². The minimum absolute atomic E-state index is 0.185. The molecule has 1 aromatic rings. The Hall–Kier alpha value is -1.43. The monoisotopic (exact) mass is 250 g/mol. The quantitative estimate of drug-likeness (QED) is 0.831. The molecule has 1 aromatic heterocycles. The first-order valence-electron chi connectivity index (χ1n) is 6.55. The molecule has 2 aliphatic rings. The topological polar surface area (TPSA) is 71.2 Å². The maximum absolute atomic E-state index is 12.2. The SMILES string of the molecule is O=C(CCn1cncn1)N1C2CCC1CC(O)C2. The van der Waals surface area contributed by atoms with Gasteiger partial charge in [-0.05, 0) is 25.7 Å². The Labute approximate surface area is 106 Å². The van der Waals surface area contributed by atoms with Gasteiger partial charge in [-0.25, -0.2) is 4.98 Å². The van der Waals surface area contributed by atoms with Crippen LogP contribution >= 0.6 is 0 Å². The number of amides is 1. The molecular formula is C12H18N4O2. The lowest BCUT2D eigenvalue weighted by Crippen LogP contribution is -2.48. The number of hydrogen-bond acceptors (Lipinski definition) is 4. The van der Waals surface area contributed by atoms with Crippen LogP contribution in [0.15, 0.2) is 12.7 Å². The van der Waals surface area contributed by atoms with Crippen molar-refractivity contribution in [1.29, 1.82) is 0 Å². The molecule has 2 fully saturated rings. The smallest absolute Gasteiger partial charge is 0.224 e. The van der Waals surface area contributed by atoms with Gasteiger partial charge in [-0.3, -0.25) is 9.48 Å². The Kier molecular flexibility index (Phi) is 3.03. The van der Waals surface area contributed by atoms with Crippen LogP contribution in [0.1, 0.15) is 32.1 Å². The number of rotatable bonds is 3. The second-order valence-corrected chi connectivity index (χ2v) is 5.22. The summed E-state index contributed by atoms with van der Waals surface area (Å²) in [5, 5.41) is 13.7. The molecule has 2 saturated heterocycles. The number of piperidine rings is 1. The van der Waals surface area contributed by atoms with Crippen LogP contribution in [0.5, 0.6) is 0 Å². The van der Waals surface area contributed by atoms with E-state index in [9.17, 15) is 9.90 Å². The summed E-state index contributed by atoms with van der Waals surface area (Å²) in [5.74, 6) is 0.185. The fraction of sp³-hybridized carbons (Fsp3) is 0.750. The van der Waals surface area contributed by atoms with Crippen molar-refractivity contribution >= 4 is 5.91 Å². The Morgan fingerprint density at radius 2 is 2.06 bits per heavy atom. The molecule has 2 aliphatic heterocycles. The molecule has 2 atom stereocenters. The molecule has 6 nitrogen and oxygen atoms in total. The third-order valence-electron chi connectivity index (χ3n) is 4.02. The fourth-order valence-electron chi connectivity index (χ4n) is 3.24. The number of carbonyl (C=O) groups is 1. The molecule has 1 N–H and O–H groups in total. The van der Waals surface area contributed by atoms with Gasteiger partial charge in [0.2, 0.25) is 5.91 Å². The minimum Gasteiger partial charge on any atom is -0.393 e. The summed E-state index contributed by atoms with van der Waals surface area (Å²) < 4.78 is 1.68. The van der Waals surface area contributed by atoms with E-state index in [1.807, 2.05) is 4.90 Å². The number of aliphatic hydroxyl groups excluding tert-OH is 1. The lowest BCUT2D eigenvalue weighted by atomic mass is 9.99. The van der Waals surface area contributed by atoms with E-state index >= 15 is 0 Å². The van der Waals surface area contributed by atoms with Gasteiger partial charge in [0.15, 0.2) is 0 Å². The molecule has 2 unspecified atom stereocenters. The summed E-state index contributed by atoms with van der Waals surface area (Å²) >= 11 is 0. The third kappa shape index (κ3) is 2.12. The van der Waals surface area contributed by atoms with E-state index in [1.165, 1.54) is 6.33 Å². The number of aromatic nitrogens is 3. The van der Waals surface area contributed by atoms with Gasteiger partial charge in [0.25, 0.3) is 0 Å². The van der Waals surface area contributed by atoms with Gasteiger partial charge in [-0.2, -0.15) is 5.10 Å². The van der Waals surface area contributed by atoms with E-state index in [-0.39, 0.29) is 24.1 Å². The van der Waals surface area contributed by atoms with Crippen molar-refractivity contribution in [3.8, 4) is 0 Å². The first-order chi connectivity index (χ1) is 8.74. The summed E-state index contributed by atoms with van der Waals surface area (Å²) in [4.78, 5) is 18.1. The van der Waals surface area contributed by atoms with Crippen LogP contribution < -0.4 is 0 Å². The van der Waals surface area contributed by atoms with E-state index in [4.69, 9.17) is 0 Å². The molecule has 1 amide bonds. The van der Waals surface area contributed by atoms with Gasteiger partial charge < -0.3 is 10.0 Å². The number of hydrogen-bond donors (Lipinski definition) is 1. The highest BCUT2D eigenvalue weighted by molar-refractivity contribution is 5.77. The largest absolute Gasteiger partial charge is 0.393 e. The molecular weight excluding hydrogens is 232 g/mol. The highest BCUT2D eigenvalue weighted by Gasteiger charge is 2.42. The summed E-state index contributed by atoms with van der Waals surface area (Å²) in [5.41, 5.74) is 0. The van der Waals surface area contributed by atoms with Crippen LogP contribution in [0.25, 0.3) is 0 Å². The highest BCUT2D eigenvalue weighted by atomic mass is 16.3. The summed E-state index contributed by atoms with van der Waals surface area (Å²) in [7, 11) is 0. The van der Waals surface area contributed by atoms with Gasteiger partial charge in [0, 0.05) is 18.5 Å². The van der Waals surface area contributed by atoms with E-state index in [2.05, 4.69) is 10.1 Å². The fourth-order valence-corrected chi connectivity index (χ4v) is 3.24. The zero-order valence-electron chi connectivity index (χ0n) is 10.3. The predicted molar refractivity (Wildman–Crippen MR) is 63.5 cm³/mol. The van der Waals surface area contributed by atoms with Crippen LogP contribution in [0.3, 0.4) is 0 Å². The second kappa shape index (κ2) is 4.68. The molecule has 3 heterocycles. The van der Waals surface area contributed by atoms with Crippen molar-refractivity contribution in [2.24, 2.45) is 0 Å². The maximum atomic E-state index is 12.2. The van der Waals surface area contributed by atoms with Crippen LogP contribution in [0, 0.1) is 0 Å². The molecule has 18 heavy (non-hydrogen) atoms. The summed E-state index contributed by atoms with van der Waals surface area (Å²) in [6.45, 7) is 0.581. The number of fused-ring (bicyclic) bond motifs is 2. The predicted octanol–water partition coefficient (Wildman–Crippen LogP) is 0.182. The van der Waals surface area contributed by atoms with Gasteiger partial charge in [-0.15, -0.1) is 0 Å². The number of aliphatic hydroxyl groups is 1. The molecule has 0 aliphatic carbocycles.